The quantitative estimate of drug-likeness (QED) is 0.591. The van der Waals surface area contributed by atoms with Crippen molar-refractivity contribution in [1.29, 1.82) is 0 Å². The molecule has 5 heteroatoms. The first-order chi connectivity index (χ1) is 12.8. The van der Waals surface area contributed by atoms with Crippen molar-refractivity contribution in [3.05, 3.63) is 59.2 Å². The number of hydrogen-bond acceptors (Lipinski definition) is 4. The lowest BCUT2D eigenvalue weighted by Gasteiger charge is -2.21. The number of carbonyl (C=O) groups is 1. The fourth-order valence-electron chi connectivity index (χ4n) is 2.77. The van der Waals surface area contributed by atoms with Crippen LogP contribution < -0.4 is 10.3 Å². The van der Waals surface area contributed by atoms with Crippen LogP contribution in [-0.4, -0.2) is 30.3 Å². The Hall–Kier alpha value is -2.82. The van der Waals surface area contributed by atoms with Crippen molar-refractivity contribution in [3.63, 3.8) is 0 Å². The highest BCUT2D eigenvalue weighted by Crippen LogP contribution is 2.24. The van der Waals surface area contributed by atoms with Crippen LogP contribution in [0.3, 0.4) is 0 Å². The Morgan fingerprint density at radius 3 is 2.26 bits per heavy atom. The second-order valence-electron chi connectivity index (χ2n) is 7.44. The maximum absolute atomic E-state index is 12.2. The zero-order chi connectivity index (χ0) is 20.0. The van der Waals surface area contributed by atoms with Crippen LogP contribution >= 0.6 is 0 Å². The van der Waals surface area contributed by atoms with E-state index in [0.717, 1.165) is 18.8 Å². The molecule has 144 valence electrons. The van der Waals surface area contributed by atoms with Gasteiger partial charge in [-0.15, -0.1) is 0 Å². The number of benzene rings is 2. The van der Waals surface area contributed by atoms with Gasteiger partial charge >= 0.3 is 0 Å². The van der Waals surface area contributed by atoms with Gasteiger partial charge in [-0.05, 0) is 49.1 Å². The van der Waals surface area contributed by atoms with Gasteiger partial charge in [-0.3, -0.25) is 4.79 Å². The molecule has 2 rings (SSSR count). The fourth-order valence-corrected chi connectivity index (χ4v) is 2.77. The highest BCUT2D eigenvalue weighted by molar-refractivity contribution is 5.95. The van der Waals surface area contributed by atoms with E-state index in [2.05, 4.69) is 50.0 Å². The number of hydrogen-bond donors (Lipinski definition) is 2. The molecule has 2 aromatic carbocycles. The van der Waals surface area contributed by atoms with Crippen LogP contribution in [0.2, 0.25) is 0 Å². The third-order valence-corrected chi connectivity index (χ3v) is 4.53. The summed E-state index contributed by atoms with van der Waals surface area (Å²) in [5.74, 6) is -0.155. The summed E-state index contributed by atoms with van der Waals surface area (Å²) in [5, 5.41) is 14.2. The summed E-state index contributed by atoms with van der Waals surface area (Å²) in [5.41, 5.74) is 5.76. The average Bonchev–Trinajstić information content (AvgIpc) is 2.63. The minimum Gasteiger partial charge on any atom is -0.507 e. The van der Waals surface area contributed by atoms with Gasteiger partial charge in [0.05, 0.1) is 6.21 Å². The number of aromatic hydroxyl groups is 1. The predicted octanol–water partition coefficient (Wildman–Crippen LogP) is 4.30. The molecule has 0 radical (unpaired) electrons. The zero-order valence-electron chi connectivity index (χ0n) is 16.8. The number of rotatable bonds is 6. The largest absolute Gasteiger partial charge is 0.507 e. The molecule has 0 aromatic heterocycles. The van der Waals surface area contributed by atoms with E-state index in [1.54, 1.807) is 24.3 Å². The molecule has 1 amide bonds. The number of nitrogens with zero attached hydrogens (tertiary/aromatic N) is 2. The van der Waals surface area contributed by atoms with E-state index in [9.17, 15) is 9.90 Å². The third kappa shape index (κ3) is 5.33. The lowest BCUT2D eigenvalue weighted by atomic mass is 9.87. The number of phenolic OH excluding ortho intramolecular Hbond substituents is 1. The van der Waals surface area contributed by atoms with Gasteiger partial charge in [-0.25, -0.2) is 5.43 Å². The molecule has 0 atom stereocenters. The molecule has 27 heavy (non-hydrogen) atoms. The Morgan fingerprint density at radius 1 is 1.11 bits per heavy atom. The Labute approximate surface area is 161 Å². The van der Waals surface area contributed by atoms with Crippen molar-refractivity contribution in [1.82, 2.24) is 5.43 Å². The van der Waals surface area contributed by atoms with Crippen molar-refractivity contribution >= 4 is 17.8 Å². The normalized spacial score (nSPS) is 11.6. The maximum atomic E-state index is 12.2. The van der Waals surface area contributed by atoms with Crippen molar-refractivity contribution in [2.24, 2.45) is 5.10 Å². The minimum atomic E-state index is -0.286. The van der Waals surface area contributed by atoms with Gasteiger partial charge < -0.3 is 10.0 Å². The molecule has 0 bridgehead atoms. The summed E-state index contributed by atoms with van der Waals surface area (Å²) in [6.07, 6.45) is 1.45. The Kier molecular flexibility index (Phi) is 6.61. The SMILES string of the molecule is CCN(CC)c1ccc(/C=N/NC(=O)c2ccc(C(C)(C)C)cc2)c(O)c1. The van der Waals surface area contributed by atoms with Crippen LogP contribution in [0.1, 0.15) is 56.1 Å². The molecule has 0 fully saturated rings. The number of phenols is 1. The smallest absolute Gasteiger partial charge is 0.271 e. The summed E-state index contributed by atoms with van der Waals surface area (Å²) in [6, 6.07) is 12.9. The molecule has 0 aliphatic heterocycles. The molecule has 2 aromatic rings. The van der Waals surface area contributed by atoms with Gasteiger partial charge in [0.25, 0.3) is 5.91 Å². The Morgan fingerprint density at radius 2 is 1.74 bits per heavy atom. The van der Waals surface area contributed by atoms with Gasteiger partial charge in [0.15, 0.2) is 0 Å². The van der Waals surface area contributed by atoms with Gasteiger partial charge in [0.1, 0.15) is 5.75 Å². The summed E-state index contributed by atoms with van der Waals surface area (Å²) in [7, 11) is 0. The van der Waals surface area contributed by atoms with Gasteiger partial charge in [-0.2, -0.15) is 5.10 Å². The van der Waals surface area contributed by atoms with Crippen LogP contribution in [0.15, 0.2) is 47.6 Å². The van der Waals surface area contributed by atoms with Crippen molar-refractivity contribution in [3.8, 4) is 5.75 Å². The number of carbonyl (C=O) groups excluding carboxylic acids is 1. The summed E-state index contributed by atoms with van der Waals surface area (Å²) >= 11 is 0. The van der Waals surface area contributed by atoms with Gasteiger partial charge in [0, 0.05) is 36.0 Å². The number of nitrogens with one attached hydrogen (secondary N) is 1. The van der Waals surface area contributed by atoms with E-state index in [-0.39, 0.29) is 17.1 Å². The summed E-state index contributed by atoms with van der Waals surface area (Å²) < 4.78 is 0. The van der Waals surface area contributed by atoms with Crippen molar-refractivity contribution in [2.75, 3.05) is 18.0 Å². The van der Waals surface area contributed by atoms with Crippen molar-refractivity contribution in [2.45, 2.75) is 40.0 Å². The van der Waals surface area contributed by atoms with E-state index in [4.69, 9.17) is 0 Å². The second-order valence-corrected chi connectivity index (χ2v) is 7.44. The van der Waals surface area contributed by atoms with Crippen LogP contribution in [0, 0.1) is 0 Å². The molecular weight excluding hydrogens is 338 g/mol. The highest BCUT2D eigenvalue weighted by Gasteiger charge is 2.14. The first kappa shape index (κ1) is 20.5. The Bertz CT molecular complexity index is 801. The molecule has 5 nitrogen and oxygen atoms in total. The summed E-state index contributed by atoms with van der Waals surface area (Å²) in [4.78, 5) is 14.4. The molecule has 0 heterocycles. The molecular formula is C22H29N3O2. The van der Waals surface area contributed by atoms with Gasteiger partial charge in [-0.1, -0.05) is 32.9 Å². The van der Waals surface area contributed by atoms with Crippen LogP contribution in [0.4, 0.5) is 5.69 Å². The second kappa shape index (κ2) is 8.71. The van der Waals surface area contributed by atoms with Gasteiger partial charge in [0.2, 0.25) is 0 Å². The molecule has 0 aliphatic carbocycles. The van der Waals surface area contributed by atoms with Crippen LogP contribution in [-0.2, 0) is 5.41 Å². The van der Waals surface area contributed by atoms with Crippen LogP contribution in [0.5, 0.6) is 5.75 Å². The van der Waals surface area contributed by atoms with E-state index < -0.39 is 0 Å². The topological polar surface area (TPSA) is 64.9 Å². The zero-order valence-corrected chi connectivity index (χ0v) is 16.8. The average molecular weight is 367 g/mol. The molecule has 2 N–H and O–H groups in total. The number of hydrazone groups is 1. The lowest BCUT2D eigenvalue weighted by Crippen LogP contribution is -2.21. The molecule has 0 spiro atoms. The highest BCUT2D eigenvalue weighted by atomic mass is 16.3. The molecule has 0 saturated heterocycles. The summed E-state index contributed by atoms with van der Waals surface area (Å²) in [6.45, 7) is 12.3. The van der Waals surface area contributed by atoms with Crippen molar-refractivity contribution < 1.29 is 9.90 Å². The molecule has 0 aliphatic rings. The maximum Gasteiger partial charge on any atom is 0.271 e. The monoisotopic (exact) mass is 367 g/mol. The standard InChI is InChI=1S/C22H29N3O2/c1-6-25(7-2)19-13-10-17(20(26)14-19)15-23-24-21(27)16-8-11-18(12-9-16)22(3,4)5/h8-15,26H,6-7H2,1-5H3,(H,24,27)/b23-15+. The van der Waals surface area contributed by atoms with E-state index >= 15 is 0 Å². The number of anilines is 1. The molecule has 0 unspecified atom stereocenters. The van der Waals surface area contributed by atoms with E-state index in [0.29, 0.717) is 11.1 Å². The third-order valence-electron chi connectivity index (χ3n) is 4.53. The lowest BCUT2D eigenvalue weighted by molar-refractivity contribution is 0.0955. The first-order valence-corrected chi connectivity index (χ1v) is 9.28. The van der Waals surface area contributed by atoms with E-state index in [1.807, 2.05) is 18.2 Å². The van der Waals surface area contributed by atoms with Crippen LogP contribution in [0.25, 0.3) is 0 Å². The minimum absolute atomic E-state index is 0.0436. The fraction of sp³-hybridized carbons (Fsp3) is 0.364. The number of amides is 1. The molecule has 0 saturated carbocycles. The van der Waals surface area contributed by atoms with E-state index in [1.165, 1.54) is 11.8 Å². The first-order valence-electron chi connectivity index (χ1n) is 9.28. The Balaban J connectivity index is 2.03. The predicted molar refractivity (Wildman–Crippen MR) is 112 cm³/mol.